The first kappa shape index (κ1) is 15.9. The number of sulfonamides is 1. The van der Waals surface area contributed by atoms with Crippen LogP contribution in [-0.2, 0) is 10.0 Å². The second-order valence-electron chi connectivity index (χ2n) is 4.56. The number of nitrogens with two attached hydrogens (primary N) is 1. The Morgan fingerprint density at radius 3 is 2.48 bits per heavy atom. The van der Waals surface area contributed by atoms with Crippen molar-refractivity contribution in [1.29, 1.82) is 0 Å². The van der Waals surface area contributed by atoms with Crippen LogP contribution in [0, 0.1) is 5.82 Å². The lowest BCUT2D eigenvalue weighted by Crippen LogP contribution is -2.27. The summed E-state index contributed by atoms with van der Waals surface area (Å²) in [7, 11) is -3.82. The maximum atomic E-state index is 13.3. The predicted octanol–water partition coefficient (Wildman–Crippen LogP) is 3.21. The van der Waals surface area contributed by atoms with E-state index in [0.29, 0.717) is 0 Å². The van der Waals surface area contributed by atoms with Gasteiger partial charge in [-0.3, -0.25) is 0 Å². The Hall–Kier alpha value is -1.44. The monoisotopic (exact) mass is 372 g/mol. The number of anilines is 1. The molecule has 3 N–H and O–H groups in total. The van der Waals surface area contributed by atoms with Crippen molar-refractivity contribution in [2.24, 2.45) is 0 Å². The number of hydrogen-bond acceptors (Lipinski definition) is 3. The van der Waals surface area contributed by atoms with E-state index in [4.69, 9.17) is 5.73 Å². The zero-order chi connectivity index (χ0) is 15.6. The smallest absolute Gasteiger partial charge is 0.242 e. The van der Waals surface area contributed by atoms with E-state index in [1.807, 2.05) is 30.3 Å². The highest BCUT2D eigenvalue weighted by Gasteiger charge is 2.22. The van der Waals surface area contributed by atoms with Gasteiger partial charge in [0.05, 0.1) is 10.6 Å². The Morgan fingerprint density at radius 1 is 1.24 bits per heavy atom. The van der Waals surface area contributed by atoms with Crippen LogP contribution in [-0.4, -0.2) is 8.42 Å². The molecule has 4 nitrogen and oxygen atoms in total. The third-order valence-electron chi connectivity index (χ3n) is 2.97. The van der Waals surface area contributed by atoms with Crippen LogP contribution in [0.2, 0.25) is 0 Å². The molecule has 21 heavy (non-hydrogen) atoms. The van der Waals surface area contributed by atoms with Gasteiger partial charge < -0.3 is 5.73 Å². The van der Waals surface area contributed by atoms with Gasteiger partial charge in [-0.05, 0) is 40.5 Å². The lowest BCUT2D eigenvalue weighted by Gasteiger charge is -2.16. The van der Waals surface area contributed by atoms with Crippen molar-refractivity contribution in [3.8, 4) is 0 Å². The van der Waals surface area contributed by atoms with E-state index >= 15 is 0 Å². The second kappa shape index (κ2) is 6.13. The van der Waals surface area contributed by atoms with Gasteiger partial charge in [-0.25, -0.2) is 17.5 Å². The molecule has 0 saturated carbocycles. The van der Waals surface area contributed by atoms with Crippen LogP contribution in [0.3, 0.4) is 0 Å². The molecule has 1 unspecified atom stereocenters. The molecule has 0 aliphatic carbocycles. The first-order valence-electron chi connectivity index (χ1n) is 6.13. The Kier molecular flexibility index (Phi) is 4.65. The molecule has 0 radical (unpaired) electrons. The number of nitrogens with one attached hydrogen (secondary N) is 1. The molecular weight excluding hydrogens is 359 g/mol. The molecular formula is C14H14BrFN2O2S. The maximum absolute atomic E-state index is 13.3. The zero-order valence-electron chi connectivity index (χ0n) is 11.2. The first-order chi connectivity index (χ1) is 9.81. The number of rotatable bonds is 4. The van der Waals surface area contributed by atoms with Crippen molar-refractivity contribution in [3.63, 3.8) is 0 Å². The van der Waals surface area contributed by atoms with E-state index in [2.05, 4.69) is 20.7 Å². The highest BCUT2D eigenvalue weighted by molar-refractivity contribution is 9.10. The number of halogens is 2. The van der Waals surface area contributed by atoms with Gasteiger partial charge in [-0.15, -0.1) is 0 Å². The molecule has 0 bridgehead atoms. The fraction of sp³-hybridized carbons (Fsp3) is 0.143. The Labute approximate surface area is 131 Å². The Bertz CT molecular complexity index is 751. The fourth-order valence-electron chi connectivity index (χ4n) is 1.86. The molecule has 7 heteroatoms. The third kappa shape index (κ3) is 3.61. The zero-order valence-corrected chi connectivity index (χ0v) is 13.6. The minimum Gasteiger partial charge on any atom is -0.396 e. The molecule has 0 spiro atoms. The Balaban J connectivity index is 2.33. The lowest BCUT2D eigenvalue weighted by atomic mass is 10.1. The number of benzene rings is 2. The van der Waals surface area contributed by atoms with Crippen LogP contribution in [0.15, 0.2) is 51.8 Å². The largest absolute Gasteiger partial charge is 0.396 e. The van der Waals surface area contributed by atoms with E-state index in [1.165, 1.54) is 0 Å². The number of hydrogen-bond donors (Lipinski definition) is 2. The summed E-state index contributed by atoms with van der Waals surface area (Å²) in [5.74, 6) is -0.670. The lowest BCUT2D eigenvalue weighted by molar-refractivity contribution is 0.566. The van der Waals surface area contributed by atoms with Crippen molar-refractivity contribution in [3.05, 3.63) is 58.3 Å². The molecule has 0 heterocycles. The van der Waals surface area contributed by atoms with E-state index in [0.717, 1.165) is 17.7 Å². The standard InChI is InChI=1S/C14H14BrFN2O2S/c1-9(10-5-3-2-4-6-10)18-21(19,20)14-8-13(17)12(16)7-11(14)15/h2-9,18H,17H2,1H3. The van der Waals surface area contributed by atoms with Crippen molar-refractivity contribution < 1.29 is 12.8 Å². The summed E-state index contributed by atoms with van der Waals surface area (Å²) in [4.78, 5) is -0.0934. The molecule has 2 aromatic rings. The second-order valence-corrected chi connectivity index (χ2v) is 7.09. The van der Waals surface area contributed by atoms with Crippen molar-refractivity contribution in [2.45, 2.75) is 17.9 Å². The molecule has 0 amide bonds. The molecule has 2 rings (SSSR count). The van der Waals surface area contributed by atoms with Gasteiger partial charge in [0, 0.05) is 10.5 Å². The molecule has 2 aromatic carbocycles. The average Bonchev–Trinajstić information content (AvgIpc) is 2.43. The van der Waals surface area contributed by atoms with Gasteiger partial charge in [0.25, 0.3) is 0 Å². The quantitative estimate of drug-likeness (QED) is 0.809. The maximum Gasteiger partial charge on any atom is 0.242 e. The molecule has 0 fully saturated rings. The third-order valence-corrected chi connectivity index (χ3v) is 5.47. The normalized spacial score (nSPS) is 13.1. The van der Waals surface area contributed by atoms with E-state index in [9.17, 15) is 12.8 Å². The van der Waals surface area contributed by atoms with Gasteiger partial charge in [-0.2, -0.15) is 0 Å². The van der Waals surface area contributed by atoms with Crippen LogP contribution in [0.25, 0.3) is 0 Å². The van der Waals surface area contributed by atoms with E-state index in [1.54, 1.807) is 6.92 Å². The molecule has 112 valence electrons. The fourth-order valence-corrected chi connectivity index (χ4v) is 4.14. The highest BCUT2D eigenvalue weighted by atomic mass is 79.9. The van der Waals surface area contributed by atoms with Gasteiger partial charge in [-0.1, -0.05) is 30.3 Å². The minimum absolute atomic E-state index is 0.0934. The van der Waals surface area contributed by atoms with E-state index < -0.39 is 21.9 Å². The topological polar surface area (TPSA) is 72.2 Å². The van der Waals surface area contributed by atoms with Gasteiger partial charge in [0.1, 0.15) is 5.82 Å². The molecule has 1 atom stereocenters. The minimum atomic E-state index is -3.82. The molecule has 0 aliphatic heterocycles. The summed E-state index contributed by atoms with van der Waals surface area (Å²) in [6.07, 6.45) is 0. The van der Waals surface area contributed by atoms with E-state index in [-0.39, 0.29) is 15.1 Å². The van der Waals surface area contributed by atoms with Crippen LogP contribution in [0.4, 0.5) is 10.1 Å². The summed E-state index contributed by atoms with van der Waals surface area (Å²) >= 11 is 3.05. The highest BCUT2D eigenvalue weighted by Crippen LogP contribution is 2.27. The van der Waals surface area contributed by atoms with Gasteiger partial charge in [0.2, 0.25) is 10.0 Å². The average molecular weight is 373 g/mol. The predicted molar refractivity (Wildman–Crippen MR) is 83.7 cm³/mol. The summed E-state index contributed by atoms with van der Waals surface area (Å²) in [6, 6.07) is 10.9. The number of nitrogen functional groups attached to an aromatic ring is 1. The van der Waals surface area contributed by atoms with Crippen molar-refractivity contribution >= 4 is 31.6 Å². The van der Waals surface area contributed by atoms with Crippen LogP contribution < -0.4 is 10.5 Å². The van der Waals surface area contributed by atoms with Gasteiger partial charge in [0.15, 0.2) is 0 Å². The SMILES string of the molecule is CC(NS(=O)(=O)c1cc(N)c(F)cc1Br)c1ccccc1. The van der Waals surface area contributed by atoms with Crippen LogP contribution >= 0.6 is 15.9 Å². The molecule has 0 aromatic heterocycles. The van der Waals surface area contributed by atoms with Crippen molar-refractivity contribution in [2.75, 3.05) is 5.73 Å². The van der Waals surface area contributed by atoms with Crippen LogP contribution in [0.5, 0.6) is 0 Å². The Morgan fingerprint density at radius 2 is 1.86 bits per heavy atom. The summed E-state index contributed by atoms with van der Waals surface area (Å²) < 4.78 is 40.7. The molecule has 0 saturated heterocycles. The first-order valence-corrected chi connectivity index (χ1v) is 8.40. The van der Waals surface area contributed by atoms with Crippen molar-refractivity contribution in [1.82, 2.24) is 4.72 Å². The summed E-state index contributed by atoms with van der Waals surface area (Å²) in [5, 5.41) is 0. The summed E-state index contributed by atoms with van der Waals surface area (Å²) in [6.45, 7) is 1.73. The van der Waals surface area contributed by atoms with Gasteiger partial charge >= 0.3 is 0 Å². The molecule has 0 aliphatic rings. The van der Waals surface area contributed by atoms with Crippen LogP contribution in [0.1, 0.15) is 18.5 Å². The summed E-state index contributed by atoms with van der Waals surface area (Å²) in [5.41, 5.74) is 6.05.